The van der Waals surface area contributed by atoms with Crippen LogP contribution in [0.1, 0.15) is 33.3 Å². The number of rotatable bonds is 4. The maximum Gasteiger partial charge on any atom is 0.272 e. The number of hydrogen-bond acceptors (Lipinski definition) is 7. The molecule has 1 amide bonds. The van der Waals surface area contributed by atoms with Crippen LogP contribution in [0, 0.1) is 6.92 Å². The predicted molar refractivity (Wildman–Crippen MR) is 72.6 cm³/mol. The highest BCUT2D eigenvalue weighted by atomic mass is 32.1. The van der Waals surface area contributed by atoms with E-state index in [9.17, 15) is 4.79 Å². The first-order valence-corrected chi connectivity index (χ1v) is 6.43. The van der Waals surface area contributed by atoms with E-state index < -0.39 is 0 Å². The van der Waals surface area contributed by atoms with Gasteiger partial charge in [-0.1, -0.05) is 0 Å². The molecule has 2 heterocycles. The van der Waals surface area contributed by atoms with Crippen LogP contribution in [0.5, 0.6) is 0 Å². The number of aryl methyl sites for hydroxylation is 1. The average Bonchev–Trinajstić information content (AvgIpc) is 2.85. The minimum Gasteiger partial charge on any atom is -0.342 e. The Morgan fingerprint density at radius 1 is 1.42 bits per heavy atom. The van der Waals surface area contributed by atoms with Gasteiger partial charge in [-0.2, -0.15) is 0 Å². The van der Waals surface area contributed by atoms with E-state index in [1.165, 1.54) is 12.4 Å². The summed E-state index contributed by atoms with van der Waals surface area (Å²) in [7, 11) is 0. The molecule has 0 aliphatic carbocycles. The monoisotopic (exact) mass is 278 g/mol. The highest BCUT2D eigenvalue weighted by molar-refractivity contribution is 7.11. The minimum absolute atomic E-state index is 0.178. The molecule has 2 rings (SSSR count). The molecule has 0 aliphatic heterocycles. The Morgan fingerprint density at radius 3 is 2.84 bits per heavy atom. The molecule has 2 aromatic rings. The summed E-state index contributed by atoms with van der Waals surface area (Å²) < 4.78 is 0. The maximum absolute atomic E-state index is 12.0. The summed E-state index contributed by atoms with van der Waals surface area (Å²) in [6.07, 6.45) is 4.60. The summed E-state index contributed by atoms with van der Waals surface area (Å²) in [4.78, 5) is 25.2. The smallest absolute Gasteiger partial charge is 0.272 e. The van der Waals surface area contributed by atoms with Crippen molar-refractivity contribution < 1.29 is 4.79 Å². The summed E-state index contributed by atoms with van der Waals surface area (Å²) in [5, 5.41) is 3.67. The van der Waals surface area contributed by atoms with Gasteiger partial charge in [0.2, 0.25) is 0 Å². The number of aromatic nitrogens is 3. The molecule has 4 N–H and O–H groups in total. The molecule has 0 fully saturated rings. The third kappa shape index (κ3) is 3.24. The number of nitrogen functional groups attached to an aromatic ring is 1. The summed E-state index contributed by atoms with van der Waals surface area (Å²) in [6, 6.07) is -0.178. The van der Waals surface area contributed by atoms with E-state index in [0.29, 0.717) is 5.82 Å². The molecular formula is C11H14N6OS. The molecular weight excluding hydrogens is 264 g/mol. The Labute approximate surface area is 114 Å². The Bertz CT molecular complexity index is 584. The highest BCUT2D eigenvalue weighted by Gasteiger charge is 2.15. The fourth-order valence-corrected chi connectivity index (χ4v) is 2.23. The third-order valence-electron chi connectivity index (χ3n) is 2.37. The second kappa shape index (κ2) is 5.72. The molecule has 7 nitrogen and oxygen atoms in total. The fraction of sp³-hybridized carbons (Fsp3) is 0.273. The van der Waals surface area contributed by atoms with Crippen LogP contribution < -0.4 is 16.6 Å². The number of hydrazine groups is 1. The molecule has 8 heteroatoms. The number of amides is 1. The molecule has 0 spiro atoms. The van der Waals surface area contributed by atoms with Crippen molar-refractivity contribution in [2.75, 3.05) is 5.43 Å². The van der Waals surface area contributed by atoms with Gasteiger partial charge in [-0.25, -0.2) is 15.8 Å². The number of thiazole rings is 1. The Hall–Kier alpha value is -2.06. The molecule has 1 unspecified atom stereocenters. The van der Waals surface area contributed by atoms with Gasteiger partial charge in [-0.3, -0.25) is 9.78 Å². The summed E-state index contributed by atoms with van der Waals surface area (Å²) in [5.74, 6) is 5.24. The van der Waals surface area contributed by atoms with Crippen LogP contribution in [0.3, 0.4) is 0 Å². The number of carbonyl (C=O) groups is 1. The lowest BCUT2D eigenvalue weighted by Crippen LogP contribution is -2.27. The molecule has 1 atom stereocenters. The maximum atomic E-state index is 12.0. The van der Waals surface area contributed by atoms with Gasteiger partial charge in [-0.05, 0) is 13.8 Å². The van der Waals surface area contributed by atoms with Crippen LogP contribution in [0.4, 0.5) is 5.82 Å². The van der Waals surface area contributed by atoms with Crippen molar-refractivity contribution in [2.45, 2.75) is 19.9 Å². The van der Waals surface area contributed by atoms with Crippen molar-refractivity contribution in [3.05, 3.63) is 34.2 Å². The van der Waals surface area contributed by atoms with Crippen molar-refractivity contribution in [2.24, 2.45) is 5.84 Å². The molecule has 0 aliphatic rings. The molecule has 0 radical (unpaired) electrons. The van der Waals surface area contributed by atoms with Gasteiger partial charge < -0.3 is 10.7 Å². The molecule has 0 saturated heterocycles. The predicted octanol–water partition coefficient (Wildman–Crippen LogP) is 1.02. The second-order valence-electron chi connectivity index (χ2n) is 3.94. The Morgan fingerprint density at radius 2 is 2.21 bits per heavy atom. The third-order valence-corrected chi connectivity index (χ3v) is 3.47. The summed E-state index contributed by atoms with van der Waals surface area (Å²) in [6.45, 7) is 3.84. The highest BCUT2D eigenvalue weighted by Crippen LogP contribution is 2.19. The van der Waals surface area contributed by atoms with Crippen LogP contribution >= 0.6 is 11.3 Å². The van der Waals surface area contributed by atoms with Gasteiger partial charge in [0.15, 0.2) is 5.82 Å². The molecule has 0 bridgehead atoms. The summed E-state index contributed by atoms with van der Waals surface area (Å²) >= 11 is 1.55. The quantitative estimate of drug-likeness (QED) is 0.569. The SMILES string of the molecule is Cc1cnc(C(C)NC(=O)c2cncc(NN)n2)s1. The lowest BCUT2D eigenvalue weighted by Gasteiger charge is -2.10. The van der Waals surface area contributed by atoms with Gasteiger partial charge in [-0.15, -0.1) is 11.3 Å². The number of nitrogens with one attached hydrogen (secondary N) is 2. The summed E-state index contributed by atoms with van der Waals surface area (Å²) in [5.41, 5.74) is 2.55. The lowest BCUT2D eigenvalue weighted by molar-refractivity contribution is 0.0934. The zero-order chi connectivity index (χ0) is 13.8. The molecule has 19 heavy (non-hydrogen) atoms. The Kier molecular flexibility index (Phi) is 4.03. The van der Waals surface area contributed by atoms with Crippen LogP contribution in [-0.4, -0.2) is 20.9 Å². The average molecular weight is 278 g/mol. The van der Waals surface area contributed by atoms with E-state index in [-0.39, 0.29) is 17.6 Å². The number of anilines is 1. The first-order valence-electron chi connectivity index (χ1n) is 5.62. The second-order valence-corrected chi connectivity index (χ2v) is 5.20. The van der Waals surface area contributed by atoms with E-state index in [1.54, 1.807) is 17.5 Å². The number of carbonyl (C=O) groups excluding carboxylic acids is 1. The van der Waals surface area contributed by atoms with Crippen molar-refractivity contribution in [3.8, 4) is 0 Å². The van der Waals surface area contributed by atoms with Crippen molar-refractivity contribution >= 4 is 23.1 Å². The van der Waals surface area contributed by atoms with Gasteiger partial charge in [0.1, 0.15) is 10.7 Å². The number of hydrogen-bond donors (Lipinski definition) is 3. The van der Waals surface area contributed by atoms with Crippen molar-refractivity contribution in [1.29, 1.82) is 0 Å². The normalized spacial score (nSPS) is 11.9. The topological polar surface area (TPSA) is 106 Å². The standard InChI is InChI=1S/C11H14N6OS/c1-6-3-14-11(19-6)7(2)15-10(18)8-4-13-5-9(16-8)17-12/h3-5,7H,12H2,1-2H3,(H,15,18)(H,16,17). The molecule has 2 aromatic heterocycles. The molecule has 100 valence electrons. The van der Waals surface area contributed by atoms with Crippen LogP contribution in [0.15, 0.2) is 18.6 Å². The fourth-order valence-electron chi connectivity index (χ4n) is 1.45. The first kappa shape index (κ1) is 13.4. The molecule has 0 aromatic carbocycles. The first-order chi connectivity index (χ1) is 9.10. The molecule has 0 saturated carbocycles. The number of nitrogens with zero attached hydrogens (tertiary/aromatic N) is 3. The number of nitrogens with two attached hydrogens (primary N) is 1. The van der Waals surface area contributed by atoms with Gasteiger partial charge in [0.25, 0.3) is 5.91 Å². The van der Waals surface area contributed by atoms with Gasteiger partial charge in [0, 0.05) is 11.1 Å². The zero-order valence-corrected chi connectivity index (χ0v) is 11.4. The lowest BCUT2D eigenvalue weighted by atomic mass is 10.3. The van der Waals surface area contributed by atoms with Crippen LogP contribution in [0.2, 0.25) is 0 Å². The van der Waals surface area contributed by atoms with Gasteiger partial charge >= 0.3 is 0 Å². The van der Waals surface area contributed by atoms with Crippen LogP contribution in [0.25, 0.3) is 0 Å². The largest absolute Gasteiger partial charge is 0.342 e. The van der Waals surface area contributed by atoms with E-state index in [0.717, 1.165) is 9.88 Å². The van der Waals surface area contributed by atoms with E-state index in [1.807, 2.05) is 13.8 Å². The Balaban J connectivity index is 2.08. The van der Waals surface area contributed by atoms with E-state index in [2.05, 4.69) is 25.7 Å². The zero-order valence-electron chi connectivity index (χ0n) is 10.5. The van der Waals surface area contributed by atoms with Crippen LogP contribution in [-0.2, 0) is 0 Å². The van der Waals surface area contributed by atoms with Crippen molar-refractivity contribution in [1.82, 2.24) is 20.3 Å². The minimum atomic E-state index is -0.315. The van der Waals surface area contributed by atoms with Crippen molar-refractivity contribution in [3.63, 3.8) is 0 Å². The van der Waals surface area contributed by atoms with E-state index >= 15 is 0 Å². The van der Waals surface area contributed by atoms with E-state index in [4.69, 9.17) is 5.84 Å². The van der Waals surface area contributed by atoms with Gasteiger partial charge in [0.05, 0.1) is 18.4 Å².